The summed E-state index contributed by atoms with van der Waals surface area (Å²) in [5, 5.41) is 1.12. The highest BCUT2D eigenvalue weighted by Gasteiger charge is 1.97. The summed E-state index contributed by atoms with van der Waals surface area (Å²) in [5.41, 5.74) is 2.13. The zero-order valence-electron chi connectivity index (χ0n) is 7.61. The van der Waals surface area contributed by atoms with Gasteiger partial charge in [-0.3, -0.25) is 0 Å². The molecule has 3 aromatic rings. The smallest absolute Gasteiger partial charge is 0.222 e. The Hall–Kier alpha value is -1.32. The second-order valence-electron chi connectivity index (χ2n) is 2.84. The van der Waals surface area contributed by atoms with E-state index in [9.17, 15) is 0 Å². The van der Waals surface area contributed by atoms with Crippen LogP contribution in [0.25, 0.3) is 11.0 Å². The lowest BCUT2D eigenvalue weighted by molar-refractivity contribution is 1.17. The van der Waals surface area contributed by atoms with E-state index in [0.717, 1.165) is 16.1 Å². The number of aromatic nitrogens is 3. The maximum absolute atomic E-state index is 5.70. The SMILES string of the molecule is Clc1cc2ccc1[nH]2.Clc1ncccn1. The Labute approximate surface area is 96.4 Å². The highest BCUT2D eigenvalue weighted by molar-refractivity contribution is 6.34. The molecule has 3 nitrogen and oxygen atoms in total. The van der Waals surface area contributed by atoms with Crippen molar-refractivity contribution < 1.29 is 0 Å². The molecule has 0 aliphatic carbocycles. The lowest BCUT2D eigenvalue weighted by atomic mass is 10.4. The highest BCUT2D eigenvalue weighted by atomic mass is 35.5. The maximum atomic E-state index is 5.70. The molecule has 2 bridgehead atoms. The van der Waals surface area contributed by atoms with Crippen LogP contribution in [0.3, 0.4) is 0 Å². The number of nitrogens with zero attached hydrogens (tertiary/aromatic N) is 2. The van der Waals surface area contributed by atoms with Gasteiger partial charge < -0.3 is 4.98 Å². The molecule has 5 heteroatoms. The van der Waals surface area contributed by atoms with Gasteiger partial charge in [0.25, 0.3) is 0 Å². The van der Waals surface area contributed by atoms with Crippen LogP contribution >= 0.6 is 23.2 Å². The quantitative estimate of drug-likeness (QED) is 0.612. The molecule has 3 rings (SSSR count). The number of aromatic amines is 1. The summed E-state index contributed by atoms with van der Waals surface area (Å²) in [7, 11) is 0. The van der Waals surface area contributed by atoms with Crippen molar-refractivity contribution in [2.24, 2.45) is 0 Å². The van der Waals surface area contributed by atoms with E-state index in [1.165, 1.54) is 0 Å². The third kappa shape index (κ3) is 2.58. The fourth-order valence-corrected chi connectivity index (χ4v) is 1.47. The van der Waals surface area contributed by atoms with Crippen LogP contribution in [0, 0.1) is 0 Å². The molecule has 3 aromatic heterocycles. The van der Waals surface area contributed by atoms with E-state index in [2.05, 4.69) is 15.0 Å². The number of benzene rings is 1. The minimum atomic E-state index is 0.294. The van der Waals surface area contributed by atoms with Crippen molar-refractivity contribution in [3.63, 3.8) is 0 Å². The normalized spacial score (nSPS) is 10.0. The van der Waals surface area contributed by atoms with Gasteiger partial charge in [0.05, 0.1) is 10.5 Å². The summed E-state index contributed by atoms with van der Waals surface area (Å²) in [5.74, 6) is 0. The van der Waals surface area contributed by atoms with E-state index in [1.807, 2.05) is 18.2 Å². The second-order valence-corrected chi connectivity index (χ2v) is 3.58. The second kappa shape index (κ2) is 4.47. The van der Waals surface area contributed by atoms with Crippen molar-refractivity contribution in [3.8, 4) is 0 Å². The molecule has 0 radical (unpaired) electrons. The molecule has 0 saturated carbocycles. The Morgan fingerprint density at radius 2 is 1.80 bits per heavy atom. The molecule has 15 heavy (non-hydrogen) atoms. The molecule has 0 amide bonds. The molecule has 0 unspecified atom stereocenters. The van der Waals surface area contributed by atoms with E-state index >= 15 is 0 Å². The molecule has 0 fully saturated rings. The molecule has 76 valence electrons. The predicted octanol–water partition coefficient (Wildman–Crippen LogP) is 3.39. The number of hydrogen-bond acceptors (Lipinski definition) is 2. The minimum absolute atomic E-state index is 0.294. The standard InChI is InChI=1S/C6H4ClN.C4H3ClN2/c7-5-3-4-1-2-6(5)8-4;5-4-6-2-1-3-7-4/h1-3,8H;1-3H. The molecule has 0 spiro atoms. The average Bonchev–Trinajstić information content (AvgIpc) is 2.81. The minimum Gasteiger partial charge on any atom is -0.354 e. The van der Waals surface area contributed by atoms with Crippen LogP contribution in [0.15, 0.2) is 36.7 Å². The number of H-pyrrole nitrogens is 1. The number of fused-ring (bicyclic) bond motifs is 2. The van der Waals surface area contributed by atoms with Crippen molar-refractivity contribution in [2.75, 3.05) is 0 Å². The molecule has 0 saturated heterocycles. The molecular formula is C10H7Cl2N3. The van der Waals surface area contributed by atoms with Crippen molar-refractivity contribution in [1.82, 2.24) is 15.0 Å². The fourth-order valence-electron chi connectivity index (χ4n) is 1.13. The Balaban J connectivity index is 0.000000115. The van der Waals surface area contributed by atoms with Gasteiger partial charge in [0.15, 0.2) is 0 Å². The molecule has 1 N–H and O–H groups in total. The molecule has 3 heterocycles. The third-order valence-electron chi connectivity index (χ3n) is 1.78. The summed E-state index contributed by atoms with van der Waals surface area (Å²) in [6.07, 6.45) is 3.19. The Morgan fingerprint density at radius 3 is 2.07 bits per heavy atom. The zero-order chi connectivity index (χ0) is 10.7. The largest absolute Gasteiger partial charge is 0.354 e. The van der Waals surface area contributed by atoms with Crippen LogP contribution in [0.2, 0.25) is 10.3 Å². The van der Waals surface area contributed by atoms with Crippen molar-refractivity contribution >= 4 is 34.2 Å². The zero-order valence-corrected chi connectivity index (χ0v) is 9.13. The van der Waals surface area contributed by atoms with Crippen LogP contribution in [0.5, 0.6) is 0 Å². The third-order valence-corrected chi connectivity index (χ3v) is 2.29. The van der Waals surface area contributed by atoms with Gasteiger partial charge in [-0.15, -0.1) is 0 Å². The van der Waals surface area contributed by atoms with Crippen molar-refractivity contribution in [1.29, 1.82) is 0 Å². The highest BCUT2D eigenvalue weighted by Crippen LogP contribution is 2.21. The van der Waals surface area contributed by atoms with E-state index in [1.54, 1.807) is 18.5 Å². The number of nitrogens with one attached hydrogen (secondary N) is 1. The topological polar surface area (TPSA) is 41.6 Å². The number of halogens is 2. The van der Waals surface area contributed by atoms with Gasteiger partial charge in [-0.25, -0.2) is 9.97 Å². The summed E-state index contributed by atoms with van der Waals surface area (Å²) in [6, 6.07) is 7.60. The van der Waals surface area contributed by atoms with Crippen LogP contribution < -0.4 is 0 Å². The molecule has 0 aliphatic rings. The summed E-state index contributed by atoms with van der Waals surface area (Å²) < 4.78 is 0. The van der Waals surface area contributed by atoms with Gasteiger partial charge in [0.2, 0.25) is 5.28 Å². The van der Waals surface area contributed by atoms with Gasteiger partial charge in [-0.2, -0.15) is 0 Å². The Kier molecular flexibility index (Phi) is 3.04. The number of rotatable bonds is 0. The average molecular weight is 240 g/mol. The molecule has 0 aliphatic heterocycles. The van der Waals surface area contributed by atoms with Crippen LogP contribution in [-0.2, 0) is 0 Å². The van der Waals surface area contributed by atoms with Gasteiger partial charge in [-0.05, 0) is 35.9 Å². The van der Waals surface area contributed by atoms with Crippen LogP contribution in [0.1, 0.15) is 0 Å². The monoisotopic (exact) mass is 239 g/mol. The van der Waals surface area contributed by atoms with Crippen molar-refractivity contribution in [2.45, 2.75) is 0 Å². The van der Waals surface area contributed by atoms with Gasteiger partial charge in [0, 0.05) is 17.9 Å². The molecule has 0 aromatic carbocycles. The van der Waals surface area contributed by atoms with E-state index in [0.29, 0.717) is 5.28 Å². The van der Waals surface area contributed by atoms with Gasteiger partial charge in [-0.1, -0.05) is 11.6 Å². The Bertz CT molecular complexity index is 521. The first-order chi connectivity index (χ1) is 7.25. The molecule has 0 atom stereocenters. The van der Waals surface area contributed by atoms with E-state index in [-0.39, 0.29) is 0 Å². The summed E-state index contributed by atoms with van der Waals surface area (Å²) >= 11 is 11.0. The summed E-state index contributed by atoms with van der Waals surface area (Å²) in [4.78, 5) is 10.3. The first-order valence-electron chi connectivity index (χ1n) is 4.25. The first kappa shape index (κ1) is 10.2. The van der Waals surface area contributed by atoms with Crippen LogP contribution in [0.4, 0.5) is 0 Å². The number of hydrogen-bond donors (Lipinski definition) is 1. The predicted molar refractivity (Wildman–Crippen MR) is 61.5 cm³/mol. The van der Waals surface area contributed by atoms with E-state index < -0.39 is 0 Å². The van der Waals surface area contributed by atoms with Crippen LogP contribution in [-0.4, -0.2) is 15.0 Å². The lowest BCUT2D eigenvalue weighted by Gasteiger charge is -1.78. The fraction of sp³-hybridized carbons (Fsp3) is 0. The van der Waals surface area contributed by atoms with E-state index in [4.69, 9.17) is 23.2 Å². The van der Waals surface area contributed by atoms with Crippen molar-refractivity contribution in [3.05, 3.63) is 47.0 Å². The Morgan fingerprint density at radius 1 is 1.07 bits per heavy atom. The van der Waals surface area contributed by atoms with Gasteiger partial charge in [0.1, 0.15) is 0 Å². The first-order valence-corrected chi connectivity index (χ1v) is 5.00. The summed E-state index contributed by atoms with van der Waals surface area (Å²) in [6.45, 7) is 0. The van der Waals surface area contributed by atoms with Gasteiger partial charge >= 0.3 is 0 Å². The maximum Gasteiger partial charge on any atom is 0.222 e. The molecular weight excluding hydrogens is 233 g/mol. The lowest BCUT2D eigenvalue weighted by Crippen LogP contribution is -1.73.